The zero-order valence-electron chi connectivity index (χ0n) is 10.7. The lowest BCUT2D eigenvalue weighted by molar-refractivity contribution is 0.0333. The number of ether oxygens (including phenoxy) is 1. The van der Waals surface area contributed by atoms with Crippen molar-refractivity contribution in [1.29, 1.82) is 0 Å². The molecule has 0 aliphatic carbocycles. The minimum Gasteiger partial charge on any atom is -0.459 e. The predicted molar refractivity (Wildman–Crippen MR) is 77.1 cm³/mol. The second-order valence-corrected chi connectivity index (χ2v) is 7.59. The summed E-state index contributed by atoms with van der Waals surface area (Å²) in [5, 5.41) is 0. The Morgan fingerprint density at radius 2 is 2.05 bits per heavy atom. The standard InChI is InChI=1S/C12H14BrClO4S/c1-4-7(2)18-12(15)10-5-9(13)6-11(8(10)3)19(14,16)17/h5-7H,4H2,1-3H3. The van der Waals surface area contributed by atoms with Crippen LogP contribution in [0.15, 0.2) is 21.5 Å². The van der Waals surface area contributed by atoms with Crippen LogP contribution in [0, 0.1) is 6.92 Å². The van der Waals surface area contributed by atoms with Crippen molar-refractivity contribution in [2.24, 2.45) is 0 Å². The Kier molecular flexibility index (Phi) is 5.41. The van der Waals surface area contributed by atoms with Crippen LogP contribution in [0.25, 0.3) is 0 Å². The van der Waals surface area contributed by atoms with Gasteiger partial charge in [-0.25, -0.2) is 13.2 Å². The van der Waals surface area contributed by atoms with Gasteiger partial charge in [-0.3, -0.25) is 0 Å². The fraction of sp³-hybridized carbons (Fsp3) is 0.417. The molecule has 1 aromatic carbocycles. The van der Waals surface area contributed by atoms with E-state index in [0.29, 0.717) is 10.9 Å². The maximum atomic E-state index is 12.0. The molecule has 0 saturated heterocycles. The molecule has 1 rings (SSSR count). The maximum absolute atomic E-state index is 12.0. The van der Waals surface area contributed by atoms with Gasteiger partial charge in [0.1, 0.15) is 0 Å². The molecule has 0 aromatic heterocycles. The summed E-state index contributed by atoms with van der Waals surface area (Å²) >= 11 is 3.16. The Balaban J connectivity index is 3.30. The Morgan fingerprint density at radius 1 is 1.47 bits per heavy atom. The van der Waals surface area contributed by atoms with E-state index in [-0.39, 0.29) is 22.1 Å². The first-order valence-electron chi connectivity index (χ1n) is 5.62. The third-order valence-corrected chi connectivity index (χ3v) is 4.60. The summed E-state index contributed by atoms with van der Waals surface area (Å²) in [6.45, 7) is 5.18. The van der Waals surface area contributed by atoms with Crippen LogP contribution in [0.5, 0.6) is 0 Å². The minimum atomic E-state index is -3.91. The van der Waals surface area contributed by atoms with Crippen molar-refractivity contribution >= 4 is 41.6 Å². The molecule has 106 valence electrons. The van der Waals surface area contributed by atoms with Gasteiger partial charge >= 0.3 is 5.97 Å². The van der Waals surface area contributed by atoms with Crippen LogP contribution >= 0.6 is 26.6 Å². The van der Waals surface area contributed by atoms with Gasteiger partial charge in [0.05, 0.1) is 16.6 Å². The van der Waals surface area contributed by atoms with Crippen LogP contribution in [0.3, 0.4) is 0 Å². The molecular weight excluding hydrogens is 356 g/mol. The lowest BCUT2D eigenvalue weighted by atomic mass is 10.1. The molecule has 0 N–H and O–H groups in total. The van der Waals surface area contributed by atoms with E-state index >= 15 is 0 Å². The van der Waals surface area contributed by atoms with Gasteiger partial charge in [0.2, 0.25) is 0 Å². The van der Waals surface area contributed by atoms with Crippen molar-refractivity contribution in [3.63, 3.8) is 0 Å². The SMILES string of the molecule is CCC(C)OC(=O)c1cc(Br)cc(S(=O)(=O)Cl)c1C. The number of hydrogen-bond acceptors (Lipinski definition) is 4. The molecule has 1 unspecified atom stereocenters. The largest absolute Gasteiger partial charge is 0.459 e. The van der Waals surface area contributed by atoms with E-state index in [0.717, 1.165) is 0 Å². The third kappa shape index (κ3) is 4.19. The summed E-state index contributed by atoms with van der Waals surface area (Å²) < 4.78 is 28.5. The van der Waals surface area contributed by atoms with Crippen molar-refractivity contribution in [1.82, 2.24) is 0 Å². The molecule has 0 heterocycles. The van der Waals surface area contributed by atoms with Gasteiger partial charge in [-0.05, 0) is 38.0 Å². The molecule has 0 spiro atoms. The Bertz CT molecular complexity index is 598. The molecule has 1 atom stereocenters. The van der Waals surface area contributed by atoms with Gasteiger partial charge in [-0.15, -0.1) is 0 Å². The summed E-state index contributed by atoms with van der Waals surface area (Å²) in [5.74, 6) is -0.560. The number of carbonyl (C=O) groups is 1. The van der Waals surface area contributed by atoms with E-state index in [1.54, 1.807) is 6.92 Å². The smallest absolute Gasteiger partial charge is 0.338 e. The highest BCUT2D eigenvalue weighted by atomic mass is 79.9. The predicted octanol–water partition coefficient (Wildman–Crippen LogP) is 3.64. The van der Waals surface area contributed by atoms with E-state index < -0.39 is 15.0 Å². The van der Waals surface area contributed by atoms with E-state index in [2.05, 4.69) is 15.9 Å². The normalized spacial score (nSPS) is 13.1. The van der Waals surface area contributed by atoms with Crippen LogP contribution in [0.2, 0.25) is 0 Å². The highest BCUT2D eigenvalue weighted by Crippen LogP contribution is 2.28. The first-order valence-corrected chi connectivity index (χ1v) is 8.72. The first kappa shape index (κ1) is 16.5. The lowest BCUT2D eigenvalue weighted by Gasteiger charge is -2.14. The minimum absolute atomic E-state index is 0.0976. The molecule has 4 nitrogen and oxygen atoms in total. The van der Waals surface area contributed by atoms with Gasteiger partial charge in [-0.2, -0.15) is 0 Å². The van der Waals surface area contributed by atoms with Crippen molar-refractivity contribution in [2.75, 3.05) is 0 Å². The van der Waals surface area contributed by atoms with Gasteiger partial charge in [0.15, 0.2) is 0 Å². The molecule has 0 saturated carbocycles. The monoisotopic (exact) mass is 368 g/mol. The molecule has 1 aromatic rings. The number of hydrogen-bond donors (Lipinski definition) is 0. The maximum Gasteiger partial charge on any atom is 0.338 e. The third-order valence-electron chi connectivity index (χ3n) is 2.69. The summed E-state index contributed by atoms with van der Waals surface area (Å²) in [6, 6.07) is 2.88. The molecule has 0 radical (unpaired) electrons. The summed E-state index contributed by atoms with van der Waals surface area (Å²) in [7, 11) is 1.43. The molecule has 0 fully saturated rings. The fourth-order valence-electron chi connectivity index (χ4n) is 1.45. The number of carbonyl (C=O) groups excluding carboxylic acids is 1. The number of esters is 1. The second-order valence-electron chi connectivity index (χ2n) is 4.14. The molecule has 7 heteroatoms. The second kappa shape index (κ2) is 6.24. The van der Waals surface area contributed by atoms with E-state index in [1.807, 2.05) is 6.92 Å². The van der Waals surface area contributed by atoms with Crippen molar-refractivity contribution < 1.29 is 17.9 Å². The van der Waals surface area contributed by atoms with Crippen LogP contribution in [-0.4, -0.2) is 20.5 Å². The summed E-state index contributed by atoms with van der Waals surface area (Å²) in [5.41, 5.74) is 0.473. The van der Waals surface area contributed by atoms with Crippen molar-refractivity contribution in [3.05, 3.63) is 27.7 Å². The lowest BCUT2D eigenvalue weighted by Crippen LogP contribution is -2.16. The molecule has 0 amide bonds. The van der Waals surface area contributed by atoms with Crippen molar-refractivity contribution in [3.8, 4) is 0 Å². The van der Waals surface area contributed by atoms with Gasteiger partial charge in [0, 0.05) is 15.2 Å². The average molecular weight is 370 g/mol. The average Bonchev–Trinajstić information content (AvgIpc) is 2.29. The van der Waals surface area contributed by atoms with Crippen LogP contribution in [0.1, 0.15) is 36.2 Å². The van der Waals surface area contributed by atoms with Gasteiger partial charge < -0.3 is 4.74 Å². The first-order chi connectivity index (χ1) is 8.66. The molecule has 0 aliphatic rings. The van der Waals surface area contributed by atoms with Crippen LogP contribution in [-0.2, 0) is 13.8 Å². The van der Waals surface area contributed by atoms with E-state index in [9.17, 15) is 13.2 Å². The van der Waals surface area contributed by atoms with Crippen LogP contribution < -0.4 is 0 Å². The zero-order chi connectivity index (χ0) is 14.8. The van der Waals surface area contributed by atoms with Gasteiger partial charge in [-0.1, -0.05) is 22.9 Å². The quantitative estimate of drug-likeness (QED) is 0.600. The number of halogens is 2. The molecule has 0 bridgehead atoms. The number of benzene rings is 1. The Hall–Kier alpha value is -0.590. The highest BCUT2D eigenvalue weighted by molar-refractivity contribution is 9.10. The van der Waals surface area contributed by atoms with E-state index in [4.69, 9.17) is 15.4 Å². The topological polar surface area (TPSA) is 60.4 Å². The molecular formula is C12H14BrClO4S. The summed E-state index contributed by atoms with van der Waals surface area (Å²) in [4.78, 5) is 11.9. The van der Waals surface area contributed by atoms with Crippen LogP contribution in [0.4, 0.5) is 0 Å². The molecule has 19 heavy (non-hydrogen) atoms. The van der Waals surface area contributed by atoms with E-state index in [1.165, 1.54) is 19.1 Å². The van der Waals surface area contributed by atoms with Gasteiger partial charge in [0.25, 0.3) is 9.05 Å². The highest BCUT2D eigenvalue weighted by Gasteiger charge is 2.22. The fourth-order valence-corrected chi connectivity index (χ4v) is 3.28. The Labute approximate surface area is 125 Å². The molecule has 0 aliphatic heterocycles. The number of rotatable bonds is 4. The van der Waals surface area contributed by atoms with Crippen molar-refractivity contribution in [2.45, 2.75) is 38.2 Å². The zero-order valence-corrected chi connectivity index (χ0v) is 13.9. The Morgan fingerprint density at radius 3 is 2.53 bits per heavy atom. The summed E-state index contributed by atoms with van der Waals surface area (Å²) in [6.07, 6.45) is 0.446.